The van der Waals surface area contributed by atoms with Crippen LogP contribution in [0.2, 0.25) is 0 Å². The van der Waals surface area contributed by atoms with Gasteiger partial charge in [0.1, 0.15) is 6.15 Å². The lowest BCUT2D eigenvalue weighted by Crippen LogP contribution is -2.75. The maximum Gasteiger partial charge on any atom is 0.416 e. The van der Waals surface area contributed by atoms with E-state index in [0.717, 1.165) is 6.54 Å². The summed E-state index contributed by atoms with van der Waals surface area (Å²) in [4.78, 5) is 4.45. The van der Waals surface area contributed by atoms with Gasteiger partial charge in [0.25, 0.3) is 5.88 Å². The van der Waals surface area contributed by atoms with Gasteiger partial charge in [-0.15, -0.1) is 0 Å². The van der Waals surface area contributed by atoms with Crippen molar-refractivity contribution < 1.29 is 115 Å². The fourth-order valence-electron chi connectivity index (χ4n) is 9.79. The van der Waals surface area contributed by atoms with E-state index < -0.39 is 195 Å². The molecule has 442 valence electrons. The highest BCUT2D eigenvalue weighted by Gasteiger charge is 2.47. The van der Waals surface area contributed by atoms with Crippen LogP contribution in [0, 0.1) is 0 Å². The fourth-order valence-corrected chi connectivity index (χ4v) is 9.79. The molecule has 0 fully saturated rings. The molecule has 1 aliphatic carbocycles. The number of aromatic nitrogens is 2. The minimum absolute atomic E-state index is 0.127. The number of hydrogen-bond donors (Lipinski definition) is 0. The predicted octanol–water partition coefficient (Wildman–Crippen LogP) is 15.8. The maximum atomic E-state index is 14.2. The Bertz CT molecular complexity index is 3220. The van der Waals surface area contributed by atoms with Crippen molar-refractivity contribution in [3.05, 3.63) is 231 Å². The third kappa shape index (κ3) is 13.3. The normalized spacial score (nSPS) is 13.7. The molecule has 0 unspecified atom stereocenters. The van der Waals surface area contributed by atoms with Crippen molar-refractivity contribution in [1.82, 2.24) is 4.98 Å². The molecule has 7 aromatic carbocycles. The lowest BCUT2D eigenvalue weighted by atomic mass is 9.12. The molecule has 1 aliphatic rings. The number of ether oxygens (including phenoxy) is 1. The van der Waals surface area contributed by atoms with E-state index in [4.69, 9.17) is 4.74 Å². The standard InChI is InChI=1S/C32H12BF24.C24H19N2O/c34-25(35,36)13-1-14(26(37,38)39)6-21(5-13)33(22-7-15(27(40,41)42)2-16(8-22)28(43,44)45,23-9-17(29(46,47)48)3-18(10-23)30(49,50)51)24-11-19(31(52,53)54)4-20(12-24)32(55,56)57;1-2-8-18(9-3-1)16-26-15-14-25-23(17-26)27-24-21-12-6-4-10-19(21)20-11-5-7-13-22(20)24/h1-12H;1-15,17,24H,16H2/q-1;+1. The smallest absolute Gasteiger partial charge is 0.416 e. The summed E-state index contributed by atoms with van der Waals surface area (Å²) in [5.74, 6) is 0.630. The molecule has 28 heteroatoms. The number of alkyl halides is 24. The monoisotopic (exact) mass is 1210 g/mol. The molecule has 0 spiro atoms. The van der Waals surface area contributed by atoms with E-state index in [2.05, 4.69) is 82.3 Å². The van der Waals surface area contributed by atoms with Gasteiger partial charge in [0.2, 0.25) is 6.20 Å². The summed E-state index contributed by atoms with van der Waals surface area (Å²) in [6.07, 6.45) is -49.2. The van der Waals surface area contributed by atoms with Gasteiger partial charge >= 0.3 is 49.4 Å². The highest BCUT2D eigenvalue weighted by atomic mass is 19.4. The molecule has 1 heterocycles. The summed E-state index contributed by atoms with van der Waals surface area (Å²) in [6, 6.07) is 18.5. The van der Waals surface area contributed by atoms with Gasteiger partial charge in [0.05, 0.1) is 50.7 Å². The van der Waals surface area contributed by atoms with Crippen LogP contribution < -0.4 is 31.2 Å². The van der Waals surface area contributed by atoms with Crippen molar-refractivity contribution in [1.29, 1.82) is 0 Å². The average Bonchev–Trinajstić information content (AvgIpc) is 0.915. The van der Waals surface area contributed by atoms with Gasteiger partial charge in [-0.25, -0.2) is 4.98 Å². The first-order valence-electron chi connectivity index (χ1n) is 23.7. The Balaban J connectivity index is 0.000000280. The second-order valence-corrected chi connectivity index (χ2v) is 18.9. The first-order chi connectivity index (χ1) is 38.6. The summed E-state index contributed by atoms with van der Waals surface area (Å²) in [6.45, 7) is 0.789. The number of hydrogen-bond acceptors (Lipinski definition) is 2. The number of rotatable bonds is 8. The molecule has 0 saturated heterocycles. The van der Waals surface area contributed by atoms with E-state index in [1.54, 1.807) is 6.20 Å². The minimum Gasteiger partial charge on any atom is -0.460 e. The molecule has 8 aromatic rings. The van der Waals surface area contributed by atoms with Crippen LogP contribution >= 0.6 is 0 Å². The van der Waals surface area contributed by atoms with Crippen molar-refractivity contribution in [2.75, 3.05) is 0 Å². The highest BCUT2D eigenvalue weighted by Crippen LogP contribution is 2.46. The third-order valence-electron chi connectivity index (χ3n) is 13.4. The first kappa shape index (κ1) is 61.9. The van der Waals surface area contributed by atoms with Gasteiger partial charge in [0.15, 0.2) is 18.8 Å². The van der Waals surface area contributed by atoms with E-state index in [-0.39, 0.29) is 6.10 Å². The van der Waals surface area contributed by atoms with Gasteiger partial charge in [-0.3, -0.25) is 0 Å². The van der Waals surface area contributed by atoms with Crippen molar-refractivity contribution in [3.8, 4) is 17.0 Å². The molecule has 0 N–H and O–H groups in total. The number of benzene rings is 7. The topological polar surface area (TPSA) is 26.0 Å². The second kappa shape index (κ2) is 21.8. The summed E-state index contributed by atoms with van der Waals surface area (Å²) >= 11 is 0. The van der Waals surface area contributed by atoms with Gasteiger partial charge in [-0.2, -0.15) is 132 Å². The van der Waals surface area contributed by atoms with Crippen molar-refractivity contribution >= 4 is 28.0 Å². The minimum atomic E-state index is -6.13. The van der Waals surface area contributed by atoms with Crippen LogP contribution in [0.25, 0.3) is 11.1 Å². The lowest BCUT2D eigenvalue weighted by molar-refractivity contribution is -0.689. The molecule has 0 amide bonds. The Kier molecular flexibility index (Phi) is 16.0. The predicted molar refractivity (Wildman–Crippen MR) is 254 cm³/mol. The Morgan fingerprint density at radius 2 is 0.631 bits per heavy atom. The van der Waals surface area contributed by atoms with Gasteiger partial charge in [-0.1, -0.05) is 127 Å². The van der Waals surface area contributed by atoms with Crippen molar-refractivity contribution in [3.63, 3.8) is 0 Å². The van der Waals surface area contributed by atoms with E-state index >= 15 is 0 Å². The lowest BCUT2D eigenvalue weighted by Gasteiger charge is -2.46. The van der Waals surface area contributed by atoms with Crippen LogP contribution in [-0.4, -0.2) is 11.1 Å². The molecular formula is C56H31BF24N2O. The van der Waals surface area contributed by atoms with Crippen LogP contribution in [0.4, 0.5) is 105 Å². The summed E-state index contributed by atoms with van der Waals surface area (Å²) in [7, 11) is 0. The Labute approximate surface area is 457 Å². The summed E-state index contributed by atoms with van der Waals surface area (Å²) < 4.78 is 349. The number of fused-ring (bicyclic) bond motifs is 3. The fraction of sp³-hybridized carbons (Fsp3) is 0.179. The molecular weight excluding hydrogens is 1180 g/mol. The zero-order valence-electron chi connectivity index (χ0n) is 41.4. The van der Waals surface area contributed by atoms with Crippen LogP contribution in [-0.2, 0) is 56.0 Å². The molecule has 0 saturated carbocycles. The Morgan fingerprint density at radius 1 is 0.357 bits per heavy atom. The molecule has 0 bridgehead atoms. The highest BCUT2D eigenvalue weighted by molar-refractivity contribution is 7.20. The first-order valence-corrected chi connectivity index (χ1v) is 23.7. The maximum absolute atomic E-state index is 14.2. The molecule has 9 rings (SSSR count). The van der Waals surface area contributed by atoms with E-state index in [9.17, 15) is 105 Å². The molecule has 0 atom stereocenters. The van der Waals surface area contributed by atoms with Crippen LogP contribution in [0.15, 0.2) is 170 Å². The molecule has 0 radical (unpaired) electrons. The number of halogens is 24. The average molecular weight is 1210 g/mol. The van der Waals surface area contributed by atoms with Gasteiger partial charge < -0.3 is 4.74 Å². The van der Waals surface area contributed by atoms with Crippen molar-refractivity contribution in [2.45, 2.75) is 62.1 Å². The van der Waals surface area contributed by atoms with Crippen LogP contribution in [0.5, 0.6) is 5.88 Å². The molecule has 1 aromatic heterocycles. The van der Waals surface area contributed by atoms with Crippen molar-refractivity contribution in [2.24, 2.45) is 0 Å². The van der Waals surface area contributed by atoms with E-state index in [1.165, 1.54) is 27.8 Å². The second-order valence-electron chi connectivity index (χ2n) is 18.9. The van der Waals surface area contributed by atoms with E-state index in [0.29, 0.717) is 5.88 Å². The van der Waals surface area contributed by atoms with Crippen LogP contribution in [0.1, 0.15) is 67.3 Å². The number of nitrogens with zero attached hydrogens (tertiary/aromatic N) is 2. The zero-order valence-corrected chi connectivity index (χ0v) is 41.4. The van der Waals surface area contributed by atoms with Gasteiger partial charge in [0, 0.05) is 16.7 Å². The summed E-state index contributed by atoms with van der Waals surface area (Å²) in [5, 5.41) is 0. The van der Waals surface area contributed by atoms with E-state index in [1.807, 2.05) is 18.5 Å². The summed E-state index contributed by atoms with van der Waals surface area (Å²) in [5.41, 5.74) is -24.1. The molecule has 3 nitrogen and oxygen atoms in total. The van der Waals surface area contributed by atoms with Crippen LogP contribution in [0.3, 0.4) is 0 Å². The van der Waals surface area contributed by atoms with Gasteiger partial charge in [-0.05, 0) is 35.4 Å². The third-order valence-corrected chi connectivity index (χ3v) is 13.4. The zero-order chi connectivity index (χ0) is 62.0. The Hall–Kier alpha value is -8.20. The quantitative estimate of drug-likeness (QED) is 0.0861. The molecule has 0 aliphatic heterocycles. The molecule has 84 heavy (non-hydrogen) atoms. The SMILES string of the molecule is FC(F)(F)c1cc([B-](c2cc(C(F)(F)F)cc(C(F)(F)F)c2)(c2cc(C(F)(F)F)cc(C(F)(F)F)c2)c2cc(C(F)(F)F)cc(C(F)(F)F)c2)cc(C(F)(F)F)c1.c1ccc(C[n+]2ccnc(OC3c4ccccc4-c4ccccc43)c2)cc1. The Morgan fingerprint density at radius 3 is 0.917 bits per heavy atom. The largest absolute Gasteiger partial charge is 0.460 e.